The number of Topliss-reactive ketones (excluding diaryl/α,β-unsaturated/α-hetero) is 1. The van der Waals surface area contributed by atoms with Crippen molar-refractivity contribution in [1.29, 1.82) is 0 Å². The molecule has 0 radical (unpaired) electrons. The lowest BCUT2D eigenvalue weighted by Crippen LogP contribution is -2.63. The van der Waals surface area contributed by atoms with E-state index in [1.807, 2.05) is 29.4 Å². The van der Waals surface area contributed by atoms with E-state index < -0.39 is 63.7 Å². The Morgan fingerprint density at radius 3 is 2.36 bits per heavy atom. The average Bonchev–Trinajstić information content (AvgIpc) is 3.78. The molecule has 6 unspecified atom stereocenters. The van der Waals surface area contributed by atoms with Crippen LogP contribution in [0, 0.1) is 39.8 Å². The van der Waals surface area contributed by atoms with Gasteiger partial charge in [0, 0.05) is 82.7 Å². The van der Waals surface area contributed by atoms with E-state index in [-0.39, 0.29) is 64.1 Å². The molecule has 4 bridgehead atoms. The Morgan fingerprint density at radius 2 is 1.64 bits per heavy atom. The molecule has 1 N–H and O–H groups in total. The molecule has 0 spiro atoms. The van der Waals surface area contributed by atoms with E-state index in [9.17, 15) is 29.1 Å². The molecule has 6 fully saturated rings. The fourth-order valence-corrected chi connectivity index (χ4v) is 16.0. The topological polar surface area (TPSA) is 145 Å². The maximum Gasteiger partial charge on any atom is 0.349 e. The number of anilines is 1. The van der Waals surface area contributed by atoms with E-state index in [2.05, 4.69) is 39.3 Å². The van der Waals surface area contributed by atoms with Gasteiger partial charge >= 0.3 is 17.9 Å². The zero-order valence-electron chi connectivity index (χ0n) is 41.7. The molecule has 3 saturated carbocycles. The van der Waals surface area contributed by atoms with Gasteiger partial charge in [-0.3, -0.25) is 14.4 Å². The number of aromatic nitrogens is 1. The number of aliphatic hydroxyl groups excluding tert-OH is 1. The van der Waals surface area contributed by atoms with Crippen molar-refractivity contribution < 1.29 is 42.9 Å². The number of halogens is 1. The van der Waals surface area contributed by atoms with Gasteiger partial charge in [-0.15, -0.1) is 18.3 Å². The summed E-state index contributed by atoms with van der Waals surface area (Å²) in [5, 5.41) is 10.6. The average molecular weight is 980 g/mol. The number of hydrogen-bond donors (Lipinski definition) is 1. The van der Waals surface area contributed by atoms with Crippen LogP contribution in [0.3, 0.4) is 0 Å². The number of esters is 3. The second-order valence-electron chi connectivity index (χ2n) is 22.8. The number of thioether (sulfide) groups is 1. The van der Waals surface area contributed by atoms with Gasteiger partial charge in [0.2, 0.25) is 5.43 Å². The highest BCUT2D eigenvalue weighted by Crippen LogP contribution is 2.68. The Kier molecular flexibility index (Phi) is 13.0. The third-order valence-electron chi connectivity index (χ3n) is 19.2. The van der Waals surface area contributed by atoms with Crippen molar-refractivity contribution in [2.45, 2.75) is 160 Å². The van der Waals surface area contributed by atoms with Gasteiger partial charge < -0.3 is 33.7 Å². The quantitative estimate of drug-likeness (QED) is 0.118. The minimum absolute atomic E-state index is 0.0299. The Balaban J connectivity index is 0.935. The summed E-state index contributed by atoms with van der Waals surface area (Å²) in [4.78, 5) is 76.3. The largest absolute Gasteiger partial charge is 0.461 e. The first-order chi connectivity index (χ1) is 33.4. The summed E-state index contributed by atoms with van der Waals surface area (Å²) in [6.07, 6.45) is 11.0. The molecular weight excluding hydrogens is 910 g/mol. The van der Waals surface area contributed by atoms with E-state index in [1.165, 1.54) is 37.2 Å². The highest BCUT2D eigenvalue weighted by atomic mass is 32.2. The third kappa shape index (κ3) is 8.04. The van der Waals surface area contributed by atoms with Crippen molar-refractivity contribution in [2.75, 3.05) is 30.8 Å². The van der Waals surface area contributed by atoms with Crippen LogP contribution in [0.2, 0.25) is 0 Å². The summed E-state index contributed by atoms with van der Waals surface area (Å²) in [7, 11) is 2.21. The number of para-hydroxylation sites is 1. The van der Waals surface area contributed by atoms with Crippen LogP contribution in [0.25, 0.3) is 10.9 Å². The lowest BCUT2D eigenvalue weighted by atomic mass is 9.44. The van der Waals surface area contributed by atoms with Crippen molar-refractivity contribution in [2.24, 2.45) is 34.0 Å². The molecule has 1 aromatic heterocycles. The van der Waals surface area contributed by atoms with E-state index in [1.54, 1.807) is 23.9 Å². The normalized spacial score (nSPS) is 35.2. The van der Waals surface area contributed by atoms with Gasteiger partial charge in [0.15, 0.2) is 0 Å². The fraction of sp³-hybridized carbons (Fsp3) is 0.625. The summed E-state index contributed by atoms with van der Waals surface area (Å²) < 4.78 is 37.4. The molecule has 12 nitrogen and oxygen atoms in total. The number of ketones is 1. The highest BCUT2D eigenvalue weighted by molar-refractivity contribution is 8.00. The minimum atomic E-state index is -0.993. The molecule has 2 aromatic carbocycles. The second kappa shape index (κ2) is 18.5. The smallest absolute Gasteiger partial charge is 0.349 e. The van der Waals surface area contributed by atoms with Crippen LogP contribution in [0.4, 0.5) is 10.1 Å². The standard InChI is InChI=1S/C56H70FN3O9S/c1-8-54(5)28-45(68-46(63)30-70-37-25-34-14-15-35(26-37)58(34)7)55(6)31(2)17-21-56(22-18-43(62)50(55)56)33(4)51(54)69-52(65)38-11-9-10-12-44(38)67-53(66)41-29-60-32(3)13-16-39-47(60)40(49(41)64)27-42(57)48(39)59-23-19-36(61)20-24-59/h8-12,27,29,31-37,45,50-51,61H,1,13-26,28,30H2,2-7H3/t31?,32?,33-,34?,35?,37?,45+,50?,51-,54+,55-,56?/m1/s1. The van der Waals surface area contributed by atoms with Gasteiger partial charge in [0.1, 0.15) is 40.7 Å². The molecule has 4 aliphatic heterocycles. The van der Waals surface area contributed by atoms with E-state index in [4.69, 9.17) is 14.2 Å². The van der Waals surface area contributed by atoms with Crippen LogP contribution < -0.4 is 15.1 Å². The molecule has 0 amide bonds. The van der Waals surface area contributed by atoms with Crippen molar-refractivity contribution >= 4 is 52.0 Å². The Bertz CT molecular complexity index is 2670. The van der Waals surface area contributed by atoms with Crippen LogP contribution >= 0.6 is 11.8 Å². The maximum absolute atomic E-state index is 16.2. The third-order valence-corrected chi connectivity index (χ3v) is 20.5. The van der Waals surface area contributed by atoms with Gasteiger partial charge in [-0.2, -0.15) is 0 Å². The predicted octanol–water partition coefficient (Wildman–Crippen LogP) is 9.26. The van der Waals surface area contributed by atoms with Crippen molar-refractivity contribution in [1.82, 2.24) is 9.47 Å². The number of carbonyl (C=O) groups excluding carboxylic acids is 4. The molecule has 10 rings (SSSR count). The highest BCUT2D eigenvalue weighted by Gasteiger charge is 2.69. The lowest BCUT2D eigenvalue weighted by molar-refractivity contribution is -0.205. The second-order valence-corrected chi connectivity index (χ2v) is 24.0. The predicted molar refractivity (Wildman–Crippen MR) is 268 cm³/mol. The van der Waals surface area contributed by atoms with Crippen LogP contribution in [0.1, 0.15) is 144 Å². The van der Waals surface area contributed by atoms with Crippen molar-refractivity contribution in [3.8, 4) is 5.75 Å². The van der Waals surface area contributed by atoms with Crippen LogP contribution in [0.15, 0.2) is 54.0 Å². The van der Waals surface area contributed by atoms with Gasteiger partial charge in [0.05, 0.1) is 23.1 Å². The monoisotopic (exact) mass is 979 g/mol. The number of aliphatic hydroxyl groups is 1. The fourth-order valence-electron chi connectivity index (χ4n) is 14.9. The van der Waals surface area contributed by atoms with Gasteiger partial charge in [-0.1, -0.05) is 45.9 Å². The maximum atomic E-state index is 16.2. The summed E-state index contributed by atoms with van der Waals surface area (Å²) in [6, 6.07) is 8.48. The molecular formula is C56H70FN3O9S. The van der Waals surface area contributed by atoms with Crippen LogP contribution in [0.5, 0.6) is 5.75 Å². The zero-order valence-corrected chi connectivity index (χ0v) is 42.5. The summed E-state index contributed by atoms with van der Waals surface area (Å²) in [5.74, 6) is -2.95. The summed E-state index contributed by atoms with van der Waals surface area (Å²) >= 11 is 1.69. The molecule has 5 heterocycles. The number of fused-ring (bicyclic) bond motifs is 2. The molecule has 11 atom stereocenters. The van der Waals surface area contributed by atoms with E-state index in [0.717, 1.165) is 25.7 Å². The number of benzene rings is 2. The van der Waals surface area contributed by atoms with Gasteiger partial charge in [-0.25, -0.2) is 14.0 Å². The first kappa shape index (κ1) is 49.1. The number of rotatable bonds is 10. The van der Waals surface area contributed by atoms with Gasteiger partial charge in [0.25, 0.3) is 0 Å². The Morgan fingerprint density at radius 1 is 0.929 bits per heavy atom. The lowest BCUT2D eigenvalue weighted by Gasteiger charge is -2.62. The molecule has 3 aromatic rings. The molecule has 7 aliphatic rings. The minimum Gasteiger partial charge on any atom is -0.461 e. The Labute approximate surface area is 415 Å². The Hall–Kier alpha value is -4.53. The number of ether oxygens (including phenoxy) is 3. The first-order valence-electron chi connectivity index (χ1n) is 25.9. The number of hydrogen-bond acceptors (Lipinski definition) is 12. The number of pyridine rings is 1. The first-order valence-corrected chi connectivity index (χ1v) is 27.0. The van der Waals surface area contributed by atoms with Gasteiger partial charge in [-0.05, 0) is 121 Å². The number of aryl methyl sites for hydroxylation is 1. The summed E-state index contributed by atoms with van der Waals surface area (Å²) in [5.41, 5.74) is -1.40. The van der Waals surface area contributed by atoms with E-state index in [0.29, 0.717) is 85.7 Å². The number of nitrogens with zero attached hydrogens (tertiary/aromatic N) is 3. The van der Waals surface area contributed by atoms with Crippen LogP contribution in [-0.4, -0.2) is 99.8 Å². The molecule has 376 valence electrons. The molecule has 3 aliphatic carbocycles. The van der Waals surface area contributed by atoms with Crippen molar-refractivity contribution in [3.05, 3.63) is 81.9 Å². The van der Waals surface area contributed by atoms with Crippen molar-refractivity contribution in [3.63, 3.8) is 0 Å². The van der Waals surface area contributed by atoms with Crippen LogP contribution in [-0.2, 0) is 25.5 Å². The van der Waals surface area contributed by atoms with E-state index >= 15 is 4.39 Å². The molecule has 70 heavy (non-hydrogen) atoms. The summed E-state index contributed by atoms with van der Waals surface area (Å²) in [6.45, 7) is 15.7. The molecule has 3 saturated heterocycles. The number of carbonyl (C=O) groups is 4. The number of piperidine rings is 2. The zero-order chi connectivity index (χ0) is 49.6. The SMILES string of the molecule is C=C[C@@]1(C)C[C@H](OC(=O)CSC2CC3CCC(C2)N3C)[C@@]2(C)C(C)CCC3(CCC(=O)C32)[C@H](C)[C@H]1OC(=O)c1ccccc1OC(=O)c1cn2c3c(c(N4CCC(O)CC4)c(F)cc3c1=O)CCC2C. The molecule has 14 heteroatoms.